The van der Waals surface area contributed by atoms with E-state index in [2.05, 4.69) is 0 Å². The maximum absolute atomic E-state index is 10.8. The van der Waals surface area contributed by atoms with Gasteiger partial charge in [-0.25, -0.2) is 4.79 Å². The molecule has 0 aromatic carbocycles. The molecule has 0 radical (unpaired) electrons. The average Bonchev–Trinajstić information content (AvgIpc) is 2.55. The summed E-state index contributed by atoms with van der Waals surface area (Å²) in [6, 6.07) is 1.12. The summed E-state index contributed by atoms with van der Waals surface area (Å²) >= 11 is 0. The SMILES string of the molecule is CCc1c([N+](=O)[O-])cc(C(=O)O)n1CC. The summed E-state index contributed by atoms with van der Waals surface area (Å²) < 4.78 is 1.46. The fraction of sp³-hybridized carbons (Fsp3) is 0.444. The van der Waals surface area contributed by atoms with E-state index in [0.29, 0.717) is 18.7 Å². The van der Waals surface area contributed by atoms with Gasteiger partial charge in [-0.15, -0.1) is 0 Å². The first-order valence-corrected chi connectivity index (χ1v) is 4.63. The van der Waals surface area contributed by atoms with Crippen LogP contribution >= 0.6 is 0 Å². The second kappa shape index (κ2) is 4.12. The van der Waals surface area contributed by atoms with Crippen LogP contribution in [0, 0.1) is 10.1 Å². The maximum Gasteiger partial charge on any atom is 0.352 e. The Labute approximate surface area is 86.3 Å². The molecule has 6 heteroatoms. The summed E-state index contributed by atoms with van der Waals surface area (Å²) in [5, 5.41) is 19.6. The molecule has 0 saturated heterocycles. The second-order valence-electron chi connectivity index (χ2n) is 3.02. The van der Waals surface area contributed by atoms with Gasteiger partial charge in [0.2, 0.25) is 0 Å². The number of aromatic nitrogens is 1. The molecule has 0 aliphatic heterocycles. The standard InChI is InChI=1S/C9H12N2O4/c1-3-6-7(11(14)15)5-8(9(12)13)10(6)4-2/h5H,3-4H2,1-2H3,(H,12,13). The molecule has 0 aliphatic carbocycles. The lowest BCUT2D eigenvalue weighted by Gasteiger charge is -2.05. The van der Waals surface area contributed by atoms with Crippen molar-refractivity contribution in [3.8, 4) is 0 Å². The highest BCUT2D eigenvalue weighted by atomic mass is 16.6. The van der Waals surface area contributed by atoms with Gasteiger partial charge in [0.05, 0.1) is 10.6 Å². The Morgan fingerprint density at radius 2 is 2.20 bits per heavy atom. The fourth-order valence-electron chi connectivity index (χ4n) is 1.64. The molecule has 1 N–H and O–H groups in total. The van der Waals surface area contributed by atoms with Gasteiger partial charge in [0, 0.05) is 12.6 Å². The van der Waals surface area contributed by atoms with Crippen LogP contribution in [0.1, 0.15) is 30.0 Å². The maximum atomic E-state index is 10.8. The third kappa shape index (κ3) is 1.83. The highest BCUT2D eigenvalue weighted by Crippen LogP contribution is 2.24. The quantitative estimate of drug-likeness (QED) is 0.607. The van der Waals surface area contributed by atoms with Crippen molar-refractivity contribution >= 4 is 11.7 Å². The number of carbonyl (C=O) groups is 1. The number of rotatable bonds is 4. The molecule has 0 atom stereocenters. The third-order valence-corrected chi connectivity index (χ3v) is 2.25. The molecule has 82 valence electrons. The highest BCUT2D eigenvalue weighted by Gasteiger charge is 2.24. The van der Waals surface area contributed by atoms with Gasteiger partial charge in [-0.05, 0) is 13.3 Å². The molecule has 6 nitrogen and oxygen atoms in total. The molecule has 0 bridgehead atoms. The topological polar surface area (TPSA) is 85.4 Å². The summed E-state index contributed by atoms with van der Waals surface area (Å²) in [5.74, 6) is -1.14. The smallest absolute Gasteiger partial charge is 0.352 e. The lowest BCUT2D eigenvalue weighted by Crippen LogP contribution is -2.09. The average molecular weight is 212 g/mol. The van der Waals surface area contributed by atoms with E-state index in [1.165, 1.54) is 4.57 Å². The molecule has 0 unspecified atom stereocenters. The van der Waals surface area contributed by atoms with Crippen LogP contribution in [0.15, 0.2) is 6.07 Å². The number of hydrogen-bond acceptors (Lipinski definition) is 3. The minimum absolute atomic E-state index is 0.0268. The highest BCUT2D eigenvalue weighted by molar-refractivity contribution is 5.87. The minimum Gasteiger partial charge on any atom is -0.477 e. The summed E-state index contributed by atoms with van der Waals surface area (Å²) in [6.45, 7) is 3.94. The van der Waals surface area contributed by atoms with Crippen molar-refractivity contribution in [1.82, 2.24) is 4.57 Å². The molecule has 0 spiro atoms. The Balaban J connectivity index is 3.44. The first-order chi connectivity index (χ1) is 7.02. The van der Waals surface area contributed by atoms with E-state index in [-0.39, 0.29) is 11.4 Å². The van der Waals surface area contributed by atoms with Gasteiger partial charge in [0.15, 0.2) is 0 Å². The molecule has 1 aromatic heterocycles. The third-order valence-electron chi connectivity index (χ3n) is 2.25. The normalized spacial score (nSPS) is 10.3. The van der Waals surface area contributed by atoms with Crippen LogP contribution in [0.5, 0.6) is 0 Å². The van der Waals surface area contributed by atoms with Crippen LogP contribution in [-0.4, -0.2) is 20.6 Å². The van der Waals surface area contributed by atoms with Gasteiger partial charge >= 0.3 is 5.97 Å². The van der Waals surface area contributed by atoms with Crippen LogP contribution in [0.4, 0.5) is 5.69 Å². The first-order valence-electron chi connectivity index (χ1n) is 4.63. The molecular formula is C9H12N2O4. The Hall–Kier alpha value is -1.85. The van der Waals surface area contributed by atoms with E-state index in [1.54, 1.807) is 13.8 Å². The molecule has 0 amide bonds. The zero-order valence-electron chi connectivity index (χ0n) is 8.56. The molecule has 1 rings (SSSR count). The predicted octanol–water partition coefficient (Wildman–Crippen LogP) is 1.68. The molecule has 0 aliphatic rings. The van der Waals surface area contributed by atoms with E-state index in [0.717, 1.165) is 6.07 Å². The van der Waals surface area contributed by atoms with E-state index < -0.39 is 10.9 Å². The van der Waals surface area contributed by atoms with E-state index in [1.807, 2.05) is 0 Å². The van der Waals surface area contributed by atoms with Crippen LogP contribution in [0.25, 0.3) is 0 Å². The lowest BCUT2D eigenvalue weighted by atomic mass is 10.3. The number of nitrogens with zero attached hydrogens (tertiary/aromatic N) is 2. The Kier molecular flexibility index (Phi) is 3.08. The summed E-state index contributed by atoms with van der Waals surface area (Å²) in [4.78, 5) is 21.0. The monoisotopic (exact) mass is 212 g/mol. The number of carboxylic acids is 1. The number of aromatic carboxylic acids is 1. The van der Waals surface area contributed by atoms with Crippen LogP contribution in [-0.2, 0) is 13.0 Å². The van der Waals surface area contributed by atoms with Crippen molar-refractivity contribution in [1.29, 1.82) is 0 Å². The summed E-state index contributed by atoms with van der Waals surface area (Å²) in [7, 11) is 0. The van der Waals surface area contributed by atoms with Crippen molar-refractivity contribution in [3.05, 3.63) is 27.6 Å². The van der Waals surface area contributed by atoms with Crippen molar-refractivity contribution in [2.75, 3.05) is 0 Å². The van der Waals surface area contributed by atoms with Gasteiger partial charge in [0.1, 0.15) is 5.69 Å². The van der Waals surface area contributed by atoms with Crippen LogP contribution in [0.3, 0.4) is 0 Å². The fourth-order valence-corrected chi connectivity index (χ4v) is 1.64. The van der Waals surface area contributed by atoms with Gasteiger partial charge in [-0.1, -0.05) is 6.92 Å². The second-order valence-corrected chi connectivity index (χ2v) is 3.02. The number of nitro groups is 1. The Morgan fingerprint density at radius 3 is 2.53 bits per heavy atom. The predicted molar refractivity (Wildman–Crippen MR) is 53.1 cm³/mol. The van der Waals surface area contributed by atoms with Crippen LogP contribution < -0.4 is 0 Å². The Bertz CT molecular complexity index is 372. The zero-order chi connectivity index (χ0) is 11.6. The summed E-state index contributed by atoms with van der Waals surface area (Å²) in [5.41, 5.74) is 0.317. The van der Waals surface area contributed by atoms with Gasteiger partial charge < -0.3 is 9.67 Å². The van der Waals surface area contributed by atoms with E-state index >= 15 is 0 Å². The van der Waals surface area contributed by atoms with Crippen molar-refractivity contribution < 1.29 is 14.8 Å². The van der Waals surface area contributed by atoms with Crippen molar-refractivity contribution in [2.45, 2.75) is 26.8 Å². The zero-order valence-corrected chi connectivity index (χ0v) is 8.56. The molecule has 15 heavy (non-hydrogen) atoms. The molecule has 1 heterocycles. The number of carboxylic acid groups (broad SMARTS) is 1. The van der Waals surface area contributed by atoms with E-state index in [9.17, 15) is 14.9 Å². The molecular weight excluding hydrogens is 200 g/mol. The Morgan fingerprint density at radius 1 is 1.60 bits per heavy atom. The first kappa shape index (κ1) is 11.2. The summed E-state index contributed by atoms with van der Waals surface area (Å²) in [6.07, 6.45) is 0.442. The lowest BCUT2D eigenvalue weighted by molar-refractivity contribution is -0.385. The van der Waals surface area contributed by atoms with Crippen molar-refractivity contribution in [3.63, 3.8) is 0 Å². The van der Waals surface area contributed by atoms with Gasteiger partial charge in [0.25, 0.3) is 5.69 Å². The number of hydrogen-bond donors (Lipinski definition) is 1. The van der Waals surface area contributed by atoms with Crippen molar-refractivity contribution in [2.24, 2.45) is 0 Å². The van der Waals surface area contributed by atoms with Gasteiger partial charge in [-0.3, -0.25) is 10.1 Å². The van der Waals surface area contributed by atoms with Gasteiger partial charge in [-0.2, -0.15) is 0 Å². The van der Waals surface area contributed by atoms with E-state index in [4.69, 9.17) is 5.11 Å². The van der Waals surface area contributed by atoms with Crippen LogP contribution in [0.2, 0.25) is 0 Å². The largest absolute Gasteiger partial charge is 0.477 e. The molecule has 0 saturated carbocycles. The molecule has 0 fully saturated rings. The minimum atomic E-state index is -1.14. The molecule has 1 aromatic rings.